The number of rotatable bonds is 5. The summed E-state index contributed by atoms with van der Waals surface area (Å²) in [5.41, 5.74) is 1.68. The monoisotopic (exact) mass is 446 g/mol. The van der Waals surface area contributed by atoms with Crippen LogP contribution in [0.1, 0.15) is 42.2 Å². The summed E-state index contributed by atoms with van der Waals surface area (Å²) in [5, 5.41) is 6.05. The van der Waals surface area contributed by atoms with Crippen LogP contribution in [0.25, 0.3) is 0 Å². The average Bonchev–Trinajstić information content (AvgIpc) is 2.66. The fourth-order valence-corrected chi connectivity index (χ4v) is 4.74. The molecule has 0 bridgehead atoms. The molecule has 0 fully saturated rings. The van der Waals surface area contributed by atoms with Gasteiger partial charge in [0.1, 0.15) is 6.04 Å². The Balaban J connectivity index is 1.73. The Morgan fingerprint density at radius 3 is 2.56 bits per heavy atom. The highest BCUT2D eigenvalue weighted by atomic mass is 79.9. The predicted molar refractivity (Wildman–Crippen MR) is 113 cm³/mol. The summed E-state index contributed by atoms with van der Waals surface area (Å²) in [7, 11) is 0. The number of halogens is 1. The SMILES string of the molecule is CC(C)[C@H](NC(=O)c1ccccc1Br)C(=O)N[C@H]1CCSc2ccccc21. The molecule has 3 rings (SSSR count). The number of benzene rings is 2. The summed E-state index contributed by atoms with van der Waals surface area (Å²) >= 11 is 5.21. The van der Waals surface area contributed by atoms with E-state index >= 15 is 0 Å². The molecule has 2 amide bonds. The summed E-state index contributed by atoms with van der Waals surface area (Å²) in [4.78, 5) is 26.8. The van der Waals surface area contributed by atoms with Gasteiger partial charge in [-0.15, -0.1) is 11.8 Å². The van der Waals surface area contributed by atoms with Crippen LogP contribution < -0.4 is 10.6 Å². The summed E-state index contributed by atoms with van der Waals surface area (Å²) in [5.74, 6) is 0.551. The van der Waals surface area contributed by atoms with Gasteiger partial charge in [0.25, 0.3) is 5.91 Å². The number of hydrogen-bond acceptors (Lipinski definition) is 3. The third-order valence-electron chi connectivity index (χ3n) is 4.63. The molecular formula is C21H23BrN2O2S. The molecule has 142 valence electrons. The Morgan fingerprint density at radius 2 is 1.81 bits per heavy atom. The van der Waals surface area contributed by atoms with Crippen molar-refractivity contribution in [2.45, 2.75) is 37.2 Å². The first-order valence-corrected chi connectivity index (χ1v) is 10.8. The Hall–Kier alpha value is -1.79. The zero-order valence-electron chi connectivity index (χ0n) is 15.4. The number of hydrogen-bond donors (Lipinski definition) is 2. The highest BCUT2D eigenvalue weighted by molar-refractivity contribution is 9.10. The van der Waals surface area contributed by atoms with Crippen molar-refractivity contribution in [1.29, 1.82) is 0 Å². The van der Waals surface area contributed by atoms with Gasteiger partial charge in [-0.3, -0.25) is 9.59 Å². The largest absolute Gasteiger partial charge is 0.347 e. The van der Waals surface area contributed by atoms with Crippen molar-refractivity contribution in [3.05, 3.63) is 64.1 Å². The second-order valence-electron chi connectivity index (χ2n) is 6.91. The first kappa shape index (κ1) is 20.0. The fraction of sp³-hybridized carbons (Fsp3) is 0.333. The van der Waals surface area contributed by atoms with Crippen molar-refractivity contribution in [2.24, 2.45) is 5.92 Å². The lowest BCUT2D eigenvalue weighted by Gasteiger charge is -2.29. The summed E-state index contributed by atoms with van der Waals surface area (Å²) in [6, 6.07) is 14.8. The van der Waals surface area contributed by atoms with Crippen LogP contribution in [0.5, 0.6) is 0 Å². The van der Waals surface area contributed by atoms with E-state index in [1.807, 2.05) is 49.9 Å². The third kappa shape index (κ3) is 4.74. The van der Waals surface area contributed by atoms with Gasteiger partial charge in [-0.2, -0.15) is 0 Å². The van der Waals surface area contributed by atoms with Crippen LogP contribution in [0.15, 0.2) is 57.9 Å². The first-order valence-electron chi connectivity index (χ1n) is 9.05. The van der Waals surface area contributed by atoms with Gasteiger partial charge in [0.2, 0.25) is 5.91 Å². The van der Waals surface area contributed by atoms with E-state index in [-0.39, 0.29) is 23.8 Å². The van der Waals surface area contributed by atoms with E-state index < -0.39 is 6.04 Å². The molecule has 0 unspecified atom stereocenters. The summed E-state index contributed by atoms with van der Waals surface area (Å²) in [6.07, 6.45) is 0.885. The van der Waals surface area contributed by atoms with Crippen molar-refractivity contribution in [1.82, 2.24) is 10.6 Å². The normalized spacial score (nSPS) is 17.1. The molecule has 4 nitrogen and oxygen atoms in total. The maximum atomic E-state index is 13.0. The van der Waals surface area contributed by atoms with E-state index in [1.54, 1.807) is 12.1 Å². The van der Waals surface area contributed by atoms with Crippen LogP contribution in [0.2, 0.25) is 0 Å². The van der Waals surface area contributed by atoms with Crippen molar-refractivity contribution in [3.63, 3.8) is 0 Å². The molecule has 2 N–H and O–H groups in total. The van der Waals surface area contributed by atoms with Gasteiger partial charge in [-0.1, -0.05) is 44.2 Å². The molecule has 6 heteroatoms. The van der Waals surface area contributed by atoms with E-state index in [0.717, 1.165) is 17.7 Å². The first-order chi connectivity index (χ1) is 13.0. The fourth-order valence-electron chi connectivity index (χ4n) is 3.15. The number of carbonyl (C=O) groups excluding carboxylic acids is 2. The van der Waals surface area contributed by atoms with Crippen molar-refractivity contribution in [2.75, 3.05) is 5.75 Å². The zero-order chi connectivity index (χ0) is 19.4. The van der Waals surface area contributed by atoms with E-state index in [1.165, 1.54) is 4.90 Å². The second-order valence-corrected chi connectivity index (χ2v) is 8.90. The second kappa shape index (κ2) is 8.93. The van der Waals surface area contributed by atoms with Gasteiger partial charge in [0.05, 0.1) is 11.6 Å². The lowest BCUT2D eigenvalue weighted by molar-refractivity contribution is -0.124. The molecule has 2 atom stereocenters. The van der Waals surface area contributed by atoms with E-state index in [9.17, 15) is 9.59 Å². The maximum absolute atomic E-state index is 13.0. The van der Waals surface area contributed by atoms with Gasteiger partial charge in [0.15, 0.2) is 0 Å². The molecule has 0 aromatic heterocycles. The Bertz CT molecular complexity index is 840. The van der Waals surface area contributed by atoms with Crippen molar-refractivity contribution < 1.29 is 9.59 Å². The Kier molecular flexibility index (Phi) is 6.60. The van der Waals surface area contributed by atoms with Crippen LogP contribution in [0.3, 0.4) is 0 Å². The van der Waals surface area contributed by atoms with E-state index in [2.05, 4.69) is 38.7 Å². The maximum Gasteiger partial charge on any atom is 0.253 e. The molecular weight excluding hydrogens is 424 g/mol. The molecule has 1 heterocycles. The van der Waals surface area contributed by atoms with Crippen LogP contribution in [-0.2, 0) is 4.79 Å². The van der Waals surface area contributed by atoms with Gasteiger partial charge >= 0.3 is 0 Å². The highest BCUT2D eigenvalue weighted by Gasteiger charge is 2.29. The minimum Gasteiger partial charge on any atom is -0.347 e. The van der Waals surface area contributed by atoms with Gasteiger partial charge in [-0.05, 0) is 52.0 Å². The predicted octanol–water partition coefficient (Wildman–Crippen LogP) is 4.56. The number of thioether (sulfide) groups is 1. The number of carbonyl (C=O) groups is 2. The minimum atomic E-state index is -0.591. The number of fused-ring (bicyclic) bond motifs is 1. The van der Waals surface area contributed by atoms with Gasteiger partial charge in [0, 0.05) is 15.1 Å². The molecule has 1 aliphatic heterocycles. The Morgan fingerprint density at radius 1 is 1.11 bits per heavy atom. The molecule has 0 aliphatic carbocycles. The number of amides is 2. The third-order valence-corrected chi connectivity index (χ3v) is 6.44. The summed E-state index contributed by atoms with van der Waals surface area (Å²) in [6.45, 7) is 3.88. The smallest absolute Gasteiger partial charge is 0.253 e. The average molecular weight is 447 g/mol. The molecule has 2 aromatic rings. The van der Waals surface area contributed by atoms with Crippen LogP contribution in [0.4, 0.5) is 0 Å². The van der Waals surface area contributed by atoms with Crippen molar-refractivity contribution >= 4 is 39.5 Å². The molecule has 27 heavy (non-hydrogen) atoms. The lowest BCUT2D eigenvalue weighted by Crippen LogP contribution is -2.50. The Labute approximate surface area is 172 Å². The van der Waals surface area contributed by atoms with Gasteiger partial charge < -0.3 is 10.6 Å². The molecule has 0 saturated carbocycles. The highest BCUT2D eigenvalue weighted by Crippen LogP contribution is 2.35. The lowest BCUT2D eigenvalue weighted by atomic mass is 9.99. The molecule has 1 aliphatic rings. The summed E-state index contributed by atoms with van der Waals surface area (Å²) < 4.78 is 0.712. The quantitative estimate of drug-likeness (QED) is 0.707. The van der Waals surface area contributed by atoms with Crippen LogP contribution >= 0.6 is 27.7 Å². The van der Waals surface area contributed by atoms with E-state index in [4.69, 9.17) is 0 Å². The minimum absolute atomic E-state index is 0.0171. The molecule has 0 radical (unpaired) electrons. The van der Waals surface area contributed by atoms with E-state index in [0.29, 0.717) is 10.0 Å². The molecule has 0 saturated heterocycles. The standard InChI is InChI=1S/C21H23BrN2O2S/c1-13(2)19(24-20(25)14-7-3-5-9-16(14)22)21(26)23-17-11-12-27-18-10-6-4-8-15(17)18/h3-10,13,17,19H,11-12H2,1-2H3,(H,23,26)(H,24,25)/t17-,19-/m0/s1. The topological polar surface area (TPSA) is 58.2 Å². The molecule has 2 aromatic carbocycles. The van der Waals surface area contributed by atoms with Crippen LogP contribution in [0, 0.1) is 5.92 Å². The molecule has 0 spiro atoms. The zero-order valence-corrected chi connectivity index (χ0v) is 17.8. The van der Waals surface area contributed by atoms with Gasteiger partial charge in [-0.25, -0.2) is 0 Å². The van der Waals surface area contributed by atoms with Crippen LogP contribution in [-0.4, -0.2) is 23.6 Å². The van der Waals surface area contributed by atoms with Crippen molar-refractivity contribution in [3.8, 4) is 0 Å². The number of nitrogens with one attached hydrogen (secondary N) is 2.